The van der Waals surface area contributed by atoms with Gasteiger partial charge in [0.25, 0.3) is 5.78 Å². The lowest BCUT2D eigenvalue weighted by atomic mass is 9.96. The summed E-state index contributed by atoms with van der Waals surface area (Å²) in [6.45, 7) is 6.19. The van der Waals surface area contributed by atoms with E-state index in [2.05, 4.69) is 41.1 Å². The van der Waals surface area contributed by atoms with E-state index < -0.39 is 0 Å². The lowest BCUT2D eigenvalue weighted by molar-refractivity contribution is 0.545. The Morgan fingerprint density at radius 2 is 2.08 bits per heavy atom. The molecule has 0 unspecified atom stereocenters. The molecule has 5 nitrogen and oxygen atoms in total. The summed E-state index contributed by atoms with van der Waals surface area (Å²) in [5, 5.41) is 11.9. The lowest BCUT2D eigenvalue weighted by Gasteiger charge is -2.11. The molecule has 2 heterocycles. The summed E-state index contributed by atoms with van der Waals surface area (Å²) in [7, 11) is 0. The van der Waals surface area contributed by atoms with Crippen LogP contribution in [0.25, 0.3) is 5.78 Å². The van der Waals surface area contributed by atoms with Gasteiger partial charge >= 0.3 is 0 Å². The van der Waals surface area contributed by atoms with Gasteiger partial charge < -0.3 is 0 Å². The van der Waals surface area contributed by atoms with Crippen molar-refractivity contribution in [2.24, 2.45) is 0 Å². The highest BCUT2D eigenvalue weighted by molar-refractivity contribution is 5.24. The fourth-order valence-electron chi connectivity index (χ4n) is 0.979. The normalized spacial score (nSPS) is 12.2. The minimum absolute atomic E-state index is 0.0479. The van der Waals surface area contributed by atoms with Gasteiger partial charge in [-0.1, -0.05) is 20.8 Å². The third-order valence-electron chi connectivity index (χ3n) is 1.71. The summed E-state index contributed by atoms with van der Waals surface area (Å²) in [6, 6.07) is 0. The van der Waals surface area contributed by atoms with E-state index in [4.69, 9.17) is 0 Å². The van der Waals surface area contributed by atoms with E-state index >= 15 is 0 Å². The zero-order valence-corrected chi connectivity index (χ0v) is 7.89. The first-order valence-electron chi connectivity index (χ1n) is 4.12. The van der Waals surface area contributed by atoms with Crippen molar-refractivity contribution in [3.8, 4) is 0 Å². The largest absolute Gasteiger partial charge is 0.271 e. The molecule has 0 radical (unpaired) electrons. The van der Waals surface area contributed by atoms with Gasteiger partial charge in [-0.25, -0.2) is 4.52 Å². The highest BCUT2D eigenvalue weighted by Gasteiger charge is 2.19. The van der Waals surface area contributed by atoms with Gasteiger partial charge in [-0.2, -0.15) is 10.1 Å². The summed E-state index contributed by atoms with van der Waals surface area (Å²) < 4.78 is 1.63. The number of fused-ring (bicyclic) bond motifs is 1. The Labute approximate surface area is 75.8 Å². The van der Waals surface area contributed by atoms with Crippen molar-refractivity contribution in [2.75, 3.05) is 0 Å². The first kappa shape index (κ1) is 8.10. The van der Waals surface area contributed by atoms with Crippen molar-refractivity contribution in [1.29, 1.82) is 0 Å². The maximum Gasteiger partial charge on any atom is 0.271 e. The Morgan fingerprint density at radius 1 is 1.31 bits per heavy atom. The second-order valence-electron chi connectivity index (χ2n) is 3.94. The molecule has 0 atom stereocenters. The molecule has 2 rings (SSSR count). The van der Waals surface area contributed by atoms with Gasteiger partial charge in [0.2, 0.25) is 0 Å². The molecule has 0 fully saturated rings. The third kappa shape index (κ3) is 1.37. The highest BCUT2D eigenvalue weighted by atomic mass is 15.4. The summed E-state index contributed by atoms with van der Waals surface area (Å²) in [6.07, 6.45) is 3.33. The molecule has 68 valence electrons. The Kier molecular flexibility index (Phi) is 1.55. The van der Waals surface area contributed by atoms with Gasteiger partial charge in [0.1, 0.15) is 0 Å². The first-order valence-corrected chi connectivity index (χ1v) is 4.12. The molecule has 0 aliphatic carbocycles. The molecule has 0 N–H and O–H groups in total. The Morgan fingerprint density at radius 3 is 2.69 bits per heavy atom. The van der Waals surface area contributed by atoms with Gasteiger partial charge in [0, 0.05) is 5.41 Å². The van der Waals surface area contributed by atoms with E-state index in [1.54, 1.807) is 16.9 Å². The molecule has 0 saturated heterocycles. The van der Waals surface area contributed by atoms with E-state index in [-0.39, 0.29) is 5.41 Å². The van der Waals surface area contributed by atoms with Crippen LogP contribution in [-0.2, 0) is 5.41 Å². The molecule has 13 heavy (non-hydrogen) atoms. The van der Waals surface area contributed by atoms with Crippen LogP contribution in [0.3, 0.4) is 0 Å². The fourth-order valence-corrected chi connectivity index (χ4v) is 0.979. The van der Waals surface area contributed by atoms with E-state index in [1.807, 2.05) is 0 Å². The minimum atomic E-state index is -0.0479. The molecule has 0 aliphatic rings. The maximum atomic E-state index is 4.29. The molecule has 5 heteroatoms. The summed E-state index contributed by atoms with van der Waals surface area (Å²) in [5.41, 5.74) is -0.0479. The monoisotopic (exact) mass is 177 g/mol. The molecule has 2 aromatic rings. The summed E-state index contributed by atoms with van der Waals surface area (Å²) >= 11 is 0. The topological polar surface area (TPSA) is 56.0 Å². The summed E-state index contributed by atoms with van der Waals surface area (Å²) in [4.78, 5) is 4.26. The molecule has 0 aromatic carbocycles. The molecule has 0 spiro atoms. The van der Waals surface area contributed by atoms with Crippen LogP contribution < -0.4 is 0 Å². The van der Waals surface area contributed by atoms with E-state index in [0.717, 1.165) is 5.82 Å². The van der Waals surface area contributed by atoms with Crippen molar-refractivity contribution in [2.45, 2.75) is 26.2 Å². The van der Waals surface area contributed by atoms with Crippen LogP contribution in [0.5, 0.6) is 0 Å². The van der Waals surface area contributed by atoms with Crippen molar-refractivity contribution in [1.82, 2.24) is 24.8 Å². The zero-order valence-electron chi connectivity index (χ0n) is 7.89. The van der Waals surface area contributed by atoms with Crippen molar-refractivity contribution < 1.29 is 0 Å². The van der Waals surface area contributed by atoms with Crippen LogP contribution in [0.1, 0.15) is 26.6 Å². The molecule has 0 aliphatic heterocycles. The van der Waals surface area contributed by atoms with Crippen LogP contribution in [0.4, 0.5) is 0 Å². The number of hydrogen-bond acceptors (Lipinski definition) is 4. The Balaban J connectivity index is 2.63. The van der Waals surface area contributed by atoms with Gasteiger partial charge in [-0.05, 0) is 0 Å². The van der Waals surface area contributed by atoms with Gasteiger partial charge in [-0.3, -0.25) is 0 Å². The second kappa shape index (κ2) is 2.48. The smallest absolute Gasteiger partial charge is 0.201 e. The molecular formula is C8H11N5. The van der Waals surface area contributed by atoms with Gasteiger partial charge in [0.15, 0.2) is 5.82 Å². The maximum absolute atomic E-state index is 4.29. The molecule has 0 saturated carbocycles. The predicted octanol–water partition coefficient (Wildman–Crippen LogP) is 0.817. The SMILES string of the molecule is CC(C)(C)c1nc2nnccn2n1. The predicted molar refractivity (Wildman–Crippen MR) is 47.3 cm³/mol. The summed E-state index contributed by atoms with van der Waals surface area (Å²) in [5.74, 6) is 1.33. The zero-order chi connectivity index (χ0) is 9.47. The minimum Gasteiger partial charge on any atom is -0.201 e. The first-order chi connectivity index (χ1) is 6.07. The van der Waals surface area contributed by atoms with Crippen LogP contribution >= 0.6 is 0 Å². The third-order valence-corrected chi connectivity index (χ3v) is 1.71. The van der Waals surface area contributed by atoms with Crippen LogP contribution in [-0.4, -0.2) is 24.8 Å². The quantitative estimate of drug-likeness (QED) is 0.597. The fraction of sp³-hybridized carbons (Fsp3) is 0.500. The lowest BCUT2D eigenvalue weighted by Crippen LogP contribution is -2.13. The van der Waals surface area contributed by atoms with Crippen molar-refractivity contribution in [3.63, 3.8) is 0 Å². The van der Waals surface area contributed by atoms with E-state index in [1.165, 1.54) is 0 Å². The van der Waals surface area contributed by atoms with E-state index in [9.17, 15) is 0 Å². The van der Waals surface area contributed by atoms with Gasteiger partial charge in [-0.15, -0.1) is 10.2 Å². The average molecular weight is 177 g/mol. The van der Waals surface area contributed by atoms with Crippen LogP contribution in [0.2, 0.25) is 0 Å². The molecular weight excluding hydrogens is 166 g/mol. The Hall–Kier alpha value is -1.52. The second-order valence-corrected chi connectivity index (χ2v) is 3.94. The van der Waals surface area contributed by atoms with Gasteiger partial charge in [0.05, 0.1) is 12.4 Å². The van der Waals surface area contributed by atoms with Crippen LogP contribution in [0, 0.1) is 0 Å². The van der Waals surface area contributed by atoms with Crippen molar-refractivity contribution in [3.05, 3.63) is 18.2 Å². The molecule has 2 aromatic heterocycles. The average Bonchev–Trinajstić information content (AvgIpc) is 2.45. The standard InChI is InChI=1S/C8H11N5/c1-8(2,3)6-10-7-11-9-4-5-13(7)12-6/h4-5H,1-3H3. The highest BCUT2D eigenvalue weighted by Crippen LogP contribution is 2.17. The van der Waals surface area contributed by atoms with Crippen molar-refractivity contribution >= 4 is 5.78 Å². The Bertz CT molecular complexity index is 392. The number of aromatic nitrogens is 5. The van der Waals surface area contributed by atoms with Crippen LogP contribution in [0.15, 0.2) is 12.4 Å². The number of nitrogens with zero attached hydrogens (tertiary/aromatic N) is 5. The molecule has 0 amide bonds. The number of hydrogen-bond donors (Lipinski definition) is 0. The number of rotatable bonds is 0. The molecule has 0 bridgehead atoms. The van der Waals surface area contributed by atoms with E-state index in [0.29, 0.717) is 5.78 Å².